The van der Waals surface area contributed by atoms with Crippen molar-refractivity contribution in [2.45, 2.75) is 45.1 Å². The summed E-state index contributed by atoms with van der Waals surface area (Å²) in [6, 6.07) is 26.8. The Morgan fingerprint density at radius 1 is 0.909 bits per heavy atom. The number of allylic oxidation sites excluding steroid dienone is 2. The Morgan fingerprint density at radius 3 is 2.02 bits per heavy atom. The summed E-state index contributed by atoms with van der Waals surface area (Å²) in [5.41, 5.74) is 4.24. The van der Waals surface area contributed by atoms with Crippen molar-refractivity contribution in [2.24, 2.45) is 0 Å². The van der Waals surface area contributed by atoms with Crippen LogP contribution in [0.15, 0.2) is 107 Å². The van der Waals surface area contributed by atoms with Gasteiger partial charge in [0.25, 0.3) is 5.69 Å². The fraction of sp³-hybridized carbons (Fsp3) is 0.314. The molecule has 1 aliphatic rings. The van der Waals surface area contributed by atoms with Crippen LogP contribution in [0, 0.1) is 10.1 Å². The second kappa shape index (κ2) is 14.6. The van der Waals surface area contributed by atoms with Crippen LogP contribution in [0.2, 0.25) is 0 Å². The Kier molecular flexibility index (Phi) is 10.7. The molecular formula is C35H40N3O6+. The lowest BCUT2D eigenvalue weighted by Crippen LogP contribution is -3.10. The van der Waals surface area contributed by atoms with Gasteiger partial charge in [0.05, 0.1) is 42.7 Å². The molecule has 3 aromatic carbocycles. The van der Waals surface area contributed by atoms with E-state index in [9.17, 15) is 19.7 Å². The summed E-state index contributed by atoms with van der Waals surface area (Å²) in [5, 5.41) is 14.6. The Bertz CT molecular complexity index is 1510. The van der Waals surface area contributed by atoms with Crippen LogP contribution >= 0.6 is 0 Å². The molecule has 0 bridgehead atoms. The summed E-state index contributed by atoms with van der Waals surface area (Å²) in [7, 11) is 3.34. The number of non-ortho nitro benzene ring substituents is 1. The largest absolute Gasteiger partial charge is 0.466 e. The minimum atomic E-state index is -0.897. The summed E-state index contributed by atoms with van der Waals surface area (Å²) < 4.78 is 11.0. The molecule has 0 fully saturated rings. The van der Waals surface area contributed by atoms with E-state index in [-0.39, 0.29) is 22.8 Å². The number of ether oxygens (including phenoxy) is 2. The summed E-state index contributed by atoms with van der Waals surface area (Å²) in [6.07, 6.45) is 0.477. The Labute approximate surface area is 258 Å². The maximum atomic E-state index is 13.8. The molecule has 44 heavy (non-hydrogen) atoms. The Hall–Kier alpha value is -4.76. The van der Waals surface area contributed by atoms with Gasteiger partial charge in [0.1, 0.15) is 12.6 Å². The lowest BCUT2D eigenvalue weighted by atomic mass is 9.80. The fourth-order valence-corrected chi connectivity index (χ4v) is 5.96. The number of nitro benzene ring substituents is 1. The van der Waals surface area contributed by atoms with Gasteiger partial charge < -0.3 is 19.7 Å². The third-order valence-corrected chi connectivity index (χ3v) is 8.01. The molecule has 4 rings (SSSR count). The first-order valence-electron chi connectivity index (χ1n) is 14.7. The first kappa shape index (κ1) is 32.2. The van der Waals surface area contributed by atoms with Gasteiger partial charge in [0.15, 0.2) is 0 Å². The molecule has 0 saturated heterocycles. The van der Waals surface area contributed by atoms with E-state index in [0.29, 0.717) is 23.5 Å². The van der Waals surface area contributed by atoms with Crippen molar-refractivity contribution in [3.05, 3.63) is 134 Å². The number of hydrogen-bond acceptors (Lipinski definition) is 7. The van der Waals surface area contributed by atoms with E-state index in [2.05, 4.69) is 60.9 Å². The van der Waals surface area contributed by atoms with Crippen LogP contribution in [0.25, 0.3) is 0 Å². The predicted octanol–water partition coefficient (Wildman–Crippen LogP) is 4.67. The van der Waals surface area contributed by atoms with E-state index < -0.39 is 28.9 Å². The first-order chi connectivity index (χ1) is 21.1. The number of nitrogens with one attached hydrogen (secondary N) is 2. The zero-order valence-corrected chi connectivity index (χ0v) is 25.8. The summed E-state index contributed by atoms with van der Waals surface area (Å²) in [6.45, 7) is 6.71. The SMILES string of the molecule is COC(=O)C1=C(C)NC(C)=C(C(=O)OC(C)C[NH+](C)CCC(c2ccccc2)c2ccccc2)C1c1cccc([N+](=O)[O-])c1. The predicted molar refractivity (Wildman–Crippen MR) is 168 cm³/mol. The number of esters is 2. The Balaban J connectivity index is 1.50. The standard InChI is InChI=1S/C35H39N3O6/c1-23(22-37(4)20-19-30(26-13-8-6-9-14-26)27-15-10-7-11-16-27)44-35(40)32-25(3)36-24(2)31(34(39)43-5)33(32)28-17-12-18-29(21-28)38(41)42/h6-18,21,23,30,33,36H,19-20,22H2,1-5H3/p+1. The highest BCUT2D eigenvalue weighted by atomic mass is 16.6. The van der Waals surface area contributed by atoms with E-state index in [1.54, 1.807) is 19.9 Å². The minimum absolute atomic E-state index is 0.142. The van der Waals surface area contributed by atoms with Crippen LogP contribution in [-0.4, -0.2) is 50.2 Å². The van der Waals surface area contributed by atoms with Crippen LogP contribution in [0.5, 0.6) is 0 Å². The van der Waals surface area contributed by atoms with Crippen molar-refractivity contribution in [3.8, 4) is 0 Å². The average Bonchev–Trinajstić information content (AvgIpc) is 3.01. The van der Waals surface area contributed by atoms with Gasteiger partial charge in [-0.05, 0) is 37.5 Å². The number of benzene rings is 3. The van der Waals surface area contributed by atoms with Crippen LogP contribution < -0.4 is 10.2 Å². The molecular weight excluding hydrogens is 558 g/mol. The van der Waals surface area contributed by atoms with Gasteiger partial charge in [0.2, 0.25) is 0 Å². The molecule has 0 radical (unpaired) electrons. The normalized spacial score (nSPS) is 16.3. The molecule has 0 aliphatic carbocycles. The van der Waals surface area contributed by atoms with Crippen molar-refractivity contribution in [1.29, 1.82) is 0 Å². The van der Waals surface area contributed by atoms with Gasteiger partial charge in [-0.2, -0.15) is 0 Å². The number of dihydropyridines is 1. The molecule has 0 saturated carbocycles. The summed E-state index contributed by atoms with van der Waals surface area (Å²) in [5.74, 6) is -1.88. The number of hydrogen-bond donors (Lipinski definition) is 2. The number of methoxy groups -OCH3 is 1. The van der Waals surface area contributed by atoms with Gasteiger partial charge in [-0.3, -0.25) is 10.1 Å². The van der Waals surface area contributed by atoms with E-state index >= 15 is 0 Å². The van der Waals surface area contributed by atoms with Crippen molar-refractivity contribution < 1.29 is 28.9 Å². The molecule has 0 amide bonds. The smallest absolute Gasteiger partial charge is 0.337 e. The number of nitrogens with zero attached hydrogens (tertiary/aromatic N) is 1. The van der Waals surface area contributed by atoms with Crippen LogP contribution in [0.1, 0.15) is 55.7 Å². The molecule has 9 heteroatoms. The number of rotatable bonds is 12. The van der Waals surface area contributed by atoms with Crippen LogP contribution in [0.4, 0.5) is 5.69 Å². The third kappa shape index (κ3) is 7.60. The molecule has 9 nitrogen and oxygen atoms in total. The third-order valence-electron chi connectivity index (χ3n) is 8.01. The number of likely N-dealkylation sites (N-methyl/N-ethyl adjacent to an activating group) is 1. The minimum Gasteiger partial charge on any atom is -0.466 e. The van der Waals surface area contributed by atoms with Gasteiger partial charge in [-0.25, -0.2) is 9.59 Å². The van der Waals surface area contributed by atoms with Gasteiger partial charge in [-0.15, -0.1) is 0 Å². The summed E-state index contributed by atoms with van der Waals surface area (Å²) >= 11 is 0. The van der Waals surface area contributed by atoms with Gasteiger partial charge in [0, 0.05) is 35.9 Å². The molecule has 0 spiro atoms. The van der Waals surface area contributed by atoms with Crippen molar-refractivity contribution >= 4 is 17.6 Å². The molecule has 1 heterocycles. The fourth-order valence-electron chi connectivity index (χ4n) is 5.96. The highest BCUT2D eigenvalue weighted by Gasteiger charge is 2.39. The zero-order chi connectivity index (χ0) is 31.8. The van der Waals surface area contributed by atoms with E-state index in [1.807, 2.05) is 19.1 Å². The highest BCUT2D eigenvalue weighted by Crippen LogP contribution is 2.40. The molecule has 1 aliphatic heterocycles. The second-order valence-corrected chi connectivity index (χ2v) is 11.3. The van der Waals surface area contributed by atoms with Crippen molar-refractivity contribution in [1.82, 2.24) is 5.32 Å². The first-order valence-corrected chi connectivity index (χ1v) is 14.7. The number of quaternary nitrogens is 1. The highest BCUT2D eigenvalue weighted by molar-refractivity contribution is 6.00. The molecule has 3 unspecified atom stereocenters. The van der Waals surface area contributed by atoms with Crippen LogP contribution in [0.3, 0.4) is 0 Å². The Morgan fingerprint density at radius 2 is 1.48 bits per heavy atom. The van der Waals surface area contributed by atoms with Crippen LogP contribution in [-0.2, 0) is 19.1 Å². The number of nitro groups is 1. The number of carbonyl (C=O) groups is 2. The molecule has 0 aromatic heterocycles. The van der Waals surface area contributed by atoms with Gasteiger partial charge in [-0.1, -0.05) is 72.8 Å². The second-order valence-electron chi connectivity index (χ2n) is 11.3. The van der Waals surface area contributed by atoms with Gasteiger partial charge >= 0.3 is 11.9 Å². The monoisotopic (exact) mass is 598 g/mol. The van der Waals surface area contributed by atoms with Crippen molar-refractivity contribution in [2.75, 3.05) is 27.2 Å². The molecule has 2 N–H and O–H groups in total. The van der Waals surface area contributed by atoms with E-state index in [0.717, 1.165) is 13.0 Å². The van der Waals surface area contributed by atoms with Crippen molar-refractivity contribution in [3.63, 3.8) is 0 Å². The zero-order valence-electron chi connectivity index (χ0n) is 25.8. The lowest BCUT2D eigenvalue weighted by Gasteiger charge is -2.31. The quantitative estimate of drug-likeness (QED) is 0.177. The summed E-state index contributed by atoms with van der Waals surface area (Å²) in [4.78, 5) is 38.9. The molecule has 3 atom stereocenters. The lowest BCUT2D eigenvalue weighted by molar-refractivity contribution is -0.882. The average molecular weight is 599 g/mol. The maximum Gasteiger partial charge on any atom is 0.337 e. The number of carbonyl (C=O) groups excluding carboxylic acids is 2. The molecule has 3 aromatic rings. The maximum absolute atomic E-state index is 13.8. The topological polar surface area (TPSA) is 112 Å². The molecule has 230 valence electrons. The van der Waals surface area contributed by atoms with E-state index in [4.69, 9.17) is 9.47 Å². The van der Waals surface area contributed by atoms with E-state index in [1.165, 1.54) is 41.3 Å².